The summed E-state index contributed by atoms with van der Waals surface area (Å²) in [6, 6.07) is 0.299. The summed E-state index contributed by atoms with van der Waals surface area (Å²) < 4.78 is 0. The highest BCUT2D eigenvalue weighted by Crippen LogP contribution is 2.29. The topological polar surface area (TPSA) is 55.1 Å². The van der Waals surface area contributed by atoms with Gasteiger partial charge in [-0.25, -0.2) is 0 Å². The van der Waals surface area contributed by atoms with Crippen molar-refractivity contribution in [1.82, 2.24) is 5.32 Å². The van der Waals surface area contributed by atoms with Gasteiger partial charge >= 0.3 is 0 Å². The zero-order chi connectivity index (χ0) is 11.4. The normalized spacial score (nSPS) is 29.1. The van der Waals surface area contributed by atoms with Crippen LogP contribution in [0.4, 0.5) is 0 Å². The van der Waals surface area contributed by atoms with E-state index >= 15 is 0 Å². The highest BCUT2D eigenvalue weighted by Gasteiger charge is 2.24. The molecular weight excluding hydrogens is 188 g/mol. The summed E-state index contributed by atoms with van der Waals surface area (Å²) in [4.78, 5) is 10.9. The number of amides is 1. The summed E-state index contributed by atoms with van der Waals surface area (Å²) in [6.45, 7) is 6.44. The van der Waals surface area contributed by atoms with Gasteiger partial charge < -0.3 is 11.1 Å². The maximum Gasteiger partial charge on any atom is 0.234 e. The first-order valence-electron chi connectivity index (χ1n) is 6.06. The van der Waals surface area contributed by atoms with Gasteiger partial charge in [-0.1, -0.05) is 13.8 Å². The molecule has 0 bridgehead atoms. The SMILES string of the molecule is CC(C)C1CCC(N[C@@H](C)C(N)=O)CC1. The Hall–Kier alpha value is -0.570. The van der Waals surface area contributed by atoms with Crippen LogP contribution in [0.3, 0.4) is 0 Å². The molecule has 1 saturated carbocycles. The average molecular weight is 212 g/mol. The molecule has 1 amide bonds. The third kappa shape index (κ3) is 3.82. The second-order valence-electron chi connectivity index (χ2n) is 5.15. The van der Waals surface area contributed by atoms with Crippen LogP contribution in [0.2, 0.25) is 0 Å². The number of primary amides is 1. The predicted molar refractivity (Wildman–Crippen MR) is 62.4 cm³/mol. The molecule has 0 spiro atoms. The number of nitrogens with two attached hydrogens (primary N) is 1. The van der Waals surface area contributed by atoms with Crippen molar-refractivity contribution in [2.45, 2.75) is 58.5 Å². The van der Waals surface area contributed by atoms with Crippen LogP contribution in [0.5, 0.6) is 0 Å². The van der Waals surface area contributed by atoms with E-state index in [0.717, 1.165) is 11.8 Å². The lowest BCUT2D eigenvalue weighted by atomic mass is 9.79. The second-order valence-corrected chi connectivity index (χ2v) is 5.15. The molecule has 1 aliphatic carbocycles. The van der Waals surface area contributed by atoms with Crippen molar-refractivity contribution in [3.05, 3.63) is 0 Å². The summed E-state index contributed by atoms with van der Waals surface area (Å²) in [7, 11) is 0. The molecule has 1 aliphatic rings. The van der Waals surface area contributed by atoms with Crippen LogP contribution in [-0.2, 0) is 4.79 Å². The van der Waals surface area contributed by atoms with Gasteiger partial charge in [0, 0.05) is 6.04 Å². The first kappa shape index (κ1) is 12.5. The van der Waals surface area contributed by atoms with E-state index in [1.54, 1.807) is 0 Å². The molecule has 1 rings (SSSR count). The third-order valence-electron chi connectivity index (χ3n) is 3.63. The highest BCUT2D eigenvalue weighted by molar-refractivity contribution is 5.79. The smallest absolute Gasteiger partial charge is 0.234 e. The fraction of sp³-hybridized carbons (Fsp3) is 0.917. The van der Waals surface area contributed by atoms with Crippen molar-refractivity contribution < 1.29 is 4.79 Å². The van der Waals surface area contributed by atoms with Crippen LogP contribution in [0.1, 0.15) is 46.5 Å². The Labute approximate surface area is 92.8 Å². The summed E-state index contributed by atoms with van der Waals surface area (Å²) in [5.74, 6) is 1.41. The number of carbonyl (C=O) groups is 1. The van der Waals surface area contributed by atoms with Crippen molar-refractivity contribution >= 4 is 5.91 Å². The molecule has 1 atom stereocenters. The average Bonchev–Trinajstić information content (AvgIpc) is 2.18. The van der Waals surface area contributed by atoms with E-state index in [1.807, 2.05) is 6.92 Å². The lowest BCUT2D eigenvalue weighted by Crippen LogP contribution is -2.46. The number of hydrogen-bond donors (Lipinski definition) is 2. The Morgan fingerprint density at radius 3 is 2.13 bits per heavy atom. The van der Waals surface area contributed by atoms with Crippen LogP contribution in [0.25, 0.3) is 0 Å². The Morgan fingerprint density at radius 2 is 1.73 bits per heavy atom. The number of carbonyl (C=O) groups excluding carboxylic acids is 1. The molecule has 0 aliphatic heterocycles. The van der Waals surface area contributed by atoms with Gasteiger partial charge in [-0.2, -0.15) is 0 Å². The van der Waals surface area contributed by atoms with Gasteiger partial charge in [0.1, 0.15) is 0 Å². The maximum absolute atomic E-state index is 10.9. The minimum absolute atomic E-state index is 0.189. The van der Waals surface area contributed by atoms with Crippen molar-refractivity contribution in [3.8, 4) is 0 Å². The Bertz CT molecular complexity index is 208. The first-order chi connectivity index (χ1) is 7.00. The molecule has 0 unspecified atom stereocenters. The van der Waals surface area contributed by atoms with Gasteiger partial charge in [0.2, 0.25) is 5.91 Å². The third-order valence-corrected chi connectivity index (χ3v) is 3.63. The highest BCUT2D eigenvalue weighted by atomic mass is 16.1. The van der Waals surface area contributed by atoms with E-state index in [2.05, 4.69) is 19.2 Å². The molecule has 3 heteroatoms. The quantitative estimate of drug-likeness (QED) is 0.744. The Balaban J connectivity index is 2.28. The molecule has 1 fully saturated rings. The van der Waals surface area contributed by atoms with Crippen molar-refractivity contribution in [2.75, 3.05) is 0 Å². The molecule has 3 nitrogen and oxygen atoms in total. The lowest BCUT2D eigenvalue weighted by Gasteiger charge is -2.32. The minimum Gasteiger partial charge on any atom is -0.368 e. The molecule has 0 aromatic carbocycles. The van der Waals surface area contributed by atoms with Gasteiger partial charge in [0.05, 0.1) is 6.04 Å². The maximum atomic E-state index is 10.9. The van der Waals surface area contributed by atoms with E-state index < -0.39 is 0 Å². The van der Waals surface area contributed by atoms with E-state index in [-0.39, 0.29) is 11.9 Å². The summed E-state index contributed by atoms with van der Waals surface area (Å²) >= 11 is 0. The van der Waals surface area contributed by atoms with Crippen molar-refractivity contribution in [1.29, 1.82) is 0 Å². The van der Waals surface area contributed by atoms with Gasteiger partial charge in [-0.15, -0.1) is 0 Å². The molecule has 15 heavy (non-hydrogen) atoms. The molecule has 0 radical (unpaired) electrons. The van der Waals surface area contributed by atoms with Crippen molar-refractivity contribution in [2.24, 2.45) is 17.6 Å². The second kappa shape index (κ2) is 5.50. The van der Waals surface area contributed by atoms with Gasteiger partial charge in [-0.05, 0) is 44.4 Å². The van der Waals surface area contributed by atoms with Gasteiger partial charge in [0.25, 0.3) is 0 Å². The van der Waals surface area contributed by atoms with E-state index in [9.17, 15) is 4.79 Å². The number of nitrogens with one attached hydrogen (secondary N) is 1. The fourth-order valence-electron chi connectivity index (χ4n) is 2.39. The summed E-state index contributed by atoms with van der Waals surface area (Å²) in [5.41, 5.74) is 5.23. The van der Waals surface area contributed by atoms with Crippen LogP contribution >= 0.6 is 0 Å². The van der Waals surface area contributed by atoms with Crippen LogP contribution < -0.4 is 11.1 Å². The predicted octanol–water partition coefficient (Wildman–Crippen LogP) is 1.66. The molecule has 0 aromatic heterocycles. The van der Waals surface area contributed by atoms with E-state index in [4.69, 9.17) is 5.73 Å². The number of hydrogen-bond acceptors (Lipinski definition) is 2. The summed E-state index contributed by atoms with van der Waals surface area (Å²) in [6.07, 6.45) is 4.92. The monoisotopic (exact) mass is 212 g/mol. The fourth-order valence-corrected chi connectivity index (χ4v) is 2.39. The Kier molecular flexibility index (Phi) is 4.58. The standard InChI is InChI=1S/C12H24N2O/c1-8(2)10-4-6-11(7-5-10)14-9(3)12(13)15/h8-11,14H,4-7H2,1-3H3,(H2,13,15)/t9-,10?,11?/m0/s1. The molecule has 0 saturated heterocycles. The molecule has 3 N–H and O–H groups in total. The minimum atomic E-state index is -0.249. The lowest BCUT2D eigenvalue weighted by molar-refractivity contribution is -0.119. The van der Waals surface area contributed by atoms with Crippen LogP contribution in [0, 0.1) is 11.8 Å². The molecule has 0 heterocycles. The molecule has 88 valence electrons. The first-order valence-corrected chi connectivity index (χ1v) is 6.06. The van der Waals surface area contributed by atoms with E-state index in [1.165, 1.54) is 25.7 Å². The molecule has 0 aromatic rings. The van der Waals surface area contributed by atoms with E-state index in [0.29, 0.717) is 6.04 Å². The molecular formula is C12H24N2O. The summed E-state index contributed by atoms with van der Waals surface area (Å²) in [5, 5.41) is 3.30. The van der Waals surface area contributed by atoms with Crippen LogP contribution in [-0.4, -0.2) is 18.0 Å². The van der Waals surface area contributed by atoms with Gasteiger partial charge in [0.15, 0.2) is 0 Å². The number of rotatable bonds is 4. The zero-order valence-corrected chi connectivity index (χ0v) is 10.1. The largest absolute Gasteiger partial charge is 0.368 e. The van der Waals surface area contributed by atoms with Crippen molar-refractivity contribution in [3.63, 3.8) is 0 Å². The van der Waals surface area contributed by atoms with Crippen LogP contribution in [0.15, 0.2) is 0 Å². The van der Waals surface area contributed by atoms with Gasteiger partial charge in [-0.3, -0.25) is 4.79 Å². The Morgan fingerprint density at radius 1 is 1.20 bits per heavy atom. The zero-order valence-electron chi connectivity index (χ0n) is 10.1.